The first-order valence-corrected chi connectivity index (χ1v) is 14.2. The highest BCUT2D eigenvalue weighted by Crippen LogP contribution is 2.36. The Morgan fingerprint density at radius 2 is 1.85 bits per heavy atom. The molecule has 1 aliphatic rings. The van der Waals surface area contributed by atoms with Crippen LogP contribution >= 0.6 is 0 Å². The van der Waals surface area contributed by atoms with Gasteiger partial charge in [-0.25, -0.2) is 9.97 Å². The van der Waals surface area contributed by atoms with E-state index < -0.39 is 0 Å². The molecule has 0 atom stereocenters. The summed E-state index contributed by atoms with van der Waals surface area (Å²) in [5.74, 6) is 3.13. The number of tetrazole rings is 1. The van der Waals surface area contributed by atoms with Crippen LogP contribution in [0.2, 0.25) is 0 Å². The molecule has 7 rings (SSSR count). The van der Waals surface area contributed by atoms with Crippen LogP contribution in [0.5, 0.6) is 0 Å². The molecule has 1 N–H and O–H groups in total. The number of nitrogens with zero attached hydrogens (tertiary/aromatic N) is 6. The van der Waals surface area contributed by atoms with Gasteiger partial charge in [-0.05, 0) is 95.5 Å². The van der Waals surface area contributed by atoms with Gasteiger partial charge in [0.2, 0.25) is 5.89 Å². The Labute approximate surface area is 238 Å². The van der Waals surface area contributed by atoms with Gasteiger partial charge < -0.3 is 8.98 Å². The van der Waals surface area contributed by atoms with Gasteiger partial charge in [0.05, 0.1) is 17.2 Å². The lowest BCUT2D eigenvalue weighted by atomic mass is 9.92. The van der Waals surface area contributed by atoms with Crippen LogP contribution in [0.1, 0.15) is 64.1 Å². The summed E-state index contributed by atoms with van der Waals surface area (Å²) in [5, 5.41) is 14.7. The van der Waals surface area contributed by atoms with Crippen molar-refractivity contribution in [2.75, 3.05) is 0 Å². The van der Waals surface area contributed by atoms with Gasteiger partial charge in [-0.3, -0.25) is 0 Å². The maximum atomic E-state index is 5.87. The van der Waals surface area contributed by atoms with Gasteiger partial charge in [0, 0.05) is 18.5 Å². The predicted molar refractivity (Wildman–Crippen MR) is 159 cm³/mol. The lowest BCUT2D eigenvalue weighted by Crippen LogP contribution is -2.06. The van der Waals surface area contributed by atoms with Crippen LogP contribution in [-0.4, -0.2) is 35.2 Å². The Balaban J connectivity index is 1.32. The molecule has 41 heavy (non-hydrogen) atoms. The number of aryl methyl sites for hydroxylation is 5. The van der Waals surface area contributed by atoms with Gasteiger partial charge in [0.25, 0.3) is 0 Å². The van der Waals surface area contributed by atoms with Crippen LogP contribution in [-0.2, 0) is 25.8 Å². The summed E-state index contributed by atoms with van der Waals surface area (Å²) in [6.07, 6.45) is 7.68. The van der Waals surface area contributed by atoms with Gasteiger partial charge in [-0.2, -0.15) is 5.21 Å². The van der Waals surface area contributed by atoms with Gasteiger partial charge in [-0.1, -0.05) is 49.4 Å². The lowest BCUT2D eigenvalue weighted by molar-refractivity contribution is 0.542. The number of aromatic amines is 1. The molecule has 0 amide bonds. The normalized spacial score (nSPS) is 13.9. The standard InChI is InChI=1S/C33H31N7O/c1-4-7-31-35-32-20(2)14-25(33-34-18-21(3)41-33)16-29(32)40(31)19-22-10-13-27-24(15-22)12-11-23-8-5-6-9-26(23)28(27)17-30-36-38-39-37-30/h5-6,8-10,13-18H,4,7,11-12,19H2,1-3H3,(H,36,37,38,39)/b28-17+. The summed E-state index contributed by atoms with van der Waals surface area (Å²) >= 11 is 0. The molecular weight excluding hydrogens is 510 g/mol. The van der Waals surface area contributed by atoms with Gasteiger partial charge in [0.15, 0.2) is 5.82 Å². The highest BCUT2D eigenvalue weighted by atomic mass is 16.4. The number of H-pyrrole nitrogens is 1. The number of imidazole rings is 1. The number of fused-ring (bicyclic) bond motifs is 3. The summed E-state index contributed by atoms with van der Waals surface area (Å²) in [5.41, 5.74) is 11.7. The second-order valence-corrected chi connectivity index (χ2v) is 10.8. The molecule has 0 saturated heterocycles. The minimum atomic E-state index is 0.577. The molecule has 3 heterocycles. The molecule has 0 saturated carbocycles. The van der Waals surface area contributed by atoms with Crippen molar-refractivity contribution in [1.29, 1.82) is 0 Å². The largest absolute Gasteiger partial charge is 0.441 e. The third-order valence-electron chi connectivity index (χ3n) is 7.87. The smallest absolute Gasteiger partial charge is 0.226 e. The van der Waals surface area contributed by atoms with E-state index in [2.05, 4.69) is 98.6 Å². The summed E-state index contributed by atoms with van der Waals surface area (Å²) in [4.78, 5) is 9.58. The molecule has 0 bridgehead atoms. The first-order chi connectivity index (χ1) is 20.1. The van der Waals surface area contributed by atoms with Crippen molar-refractivity contribution in [2.45, 2.75) is 53.0 Å². The quantitative estimate of drug-likeness (QED) is 0.258. The Morgan fingerprint density at radius 3 is 2.66 bits per heavy atom. The van der Waals surface area contributed by atoms with Gasteiger partial charge in [-0.15, -0.1) is 10.2 Å². The Kier molecular flexibility index (Phi) is 6.30. The fraction of sp³-hybridized carbons (Fsp3) is 0.242. The number of oxazole rings is 1. The van der Waals surface area contributed by atoms with E-state index in [1.54, 1.807) is 6.20 Å². The van der Waals surface area contributed by atoms with Crippen LogP contribution in [0, 0.1) is 13.8 Å². The fourth-order valence-corrected chi connectivity index (χ4v) is 5.97. The van der Waals surface area contributed by atoms with E-state index in [9.17, 15) is 0 Å². The van der Waals surface area contributed by atoms with Crippen LogP contribution in [0.4, 0.5) is 0 Å². The molecule has 3 aromatic heterocycles. The van der Waals surface area contributed by atoms with E-state index >= 15 is 0 Å². The number of benzene rings is 3. The molecule has 0 aliphatic heterocycles. The third kappa shape index (κ3) is 4.65. The molecule has 6 aromatic rings. The average Bonchev–Trinajstić information content (AvgIpc) is 3.71. The summed E-state index contributed by atoms with van der Waals surface area (Å²) in [6.45, 7) is 6.98. The van der Waals surface area contributed by atoms with Crippen molar-refractivity contribution in [3.8, 4) is 11.5 Å². The zero-order valence-corrected chi connectivity index (χ0v) is 23.5. The maximum absolute atomic E-state index is 5.87. The zero-order chi connectivity index (χ0) is 27.9. The molecule has 0 unspecified atom stereocenters. The number of rotatable bonds is 6. The molecule has 8 nitrogen and oxygen atoms in total. The summed E-state index contributed by atoms with van der Waals surface area (Å²) in [7, 11) is 0. The van der Waals surface area contributed by atoms with Crippen molar-refractivity contribution in [2.24, 2.45) is 0 Å². The number of hydrogen-bond donors (Lipinski definition) is 1. The van der Waals surface area contributed by atoms with E-state index in [0.29, 0.717) is 11.7 Å². The van der Waals surface area contributed by atoms with Crippen molar-refractivity contribution in [1.82, 2.24) is 35.2 Å². The molecule has 0 fully saturated rings. The first-order valence-electron chi connectivity index (χ1n) is 14.2. The van der Waals surface area contributed by atoms with Crippen LogP contribution < -0.4 is 0 Å². The van der Waals surface area contributed by atoms with E-state index in [-0.39, 0.29) is 0 Å². The minimum Gasteiger partial charge on any atom is -0.441 e. The van der Waals surface area contributed by atoms with E-state index in [1.807, 2.05) is 13.0 Å². The Bertz CT molecular complexity index is 1910. The SMILES string of the molecule is CCCc1nc2c(C)cc(-c3ncc(C)o3)cc2n1Cc1ccc2c(c1)CCc1ccccc1/C2=C\c1nn[nH]n1. The Hall–Kier alpha value is -4.85. The van der Waals surface area contributed by atoms with Crippen molar-refractivity contribution >= 4 is 22.7 Å². The highest BCUT2D eigenvalue weighted by Gasteiger charge is 2.21. The fourth-order valence-electron chi connectivity index (χ4n) is 5.97. The number of hydrogen-bond acceptors (Lipinski definition) is 6. The molecule has 1 aliphatic carbocycles. The Morgan fingerprint density at radius 1 is 1.00 bits per heavy atom. The lowest BCUT2D eigenvalue weighted by Gasteiger charge is -2.15. The van der Waals surface area contributed by atoms with Gasteiger partial charge in [0.1, 0.15) is 11.6 Å². The van der Waals surface area contributed by atoms with Crippen molar-refractivity contribution < 1.29 is 4.42 Å². The molecule has 0 radical (unpaired) electrons. The second kappa shape index (κ2) is 10.3. The number of nitrogens with one attached hydrogen (secondary N) is 1. The van der Waals surface area contributed by atoms with Crippen LogP contribution in [0.25, 0.3) is 34.1 Å². The maximum Gasteiger partial charge on any atom is 0.226 e. The summed E-state index contributed by atoms with van der Waals surface area (Å²) < 4.78 is 8.24. The number of aromatic nitrogens is 7. The predicted octanol–water partition coefficient (Wildman–Crippen LogP) is 6.51. The molecule has 3 aromatic carbocycles. The second-order valence-electron chi connectivity index (χ2n) is 10.8. The first kappa shape index (κ1) is 25.1. The molecular formula is C33H31N7O. The van der Waals surface area contributed by atoms with E-state index in [0.717, 1.165) is 71.5 Å². The van der Waals surface area contributed by atoms with Gasteiger partial charge >= 0.3 is 0 Å². The third-order valence-corrected chi connectivity index (χ3v) is 7.87. The highest BCUT2D eigenvalue weighted by molar-refractivity contribution is 5.93. The van der Waals surface area contributed by atoms with Crippen molar-refractivity contribution in [3.05, 3.63) is 112 Å². The van der Waals surface area contributed by atoms with E-state index in [1.165, 1.54) is 27.8 Å². The monoisotopic (exact) mass is 541 g/mol. The van der Waals surface area contributed by atoms with E-state index in [4.69, 9.17) is 9.40 Å². The minimum absolute atomic E-state index is 0.577. The zero-order valence-electron chi connectivity index (χ0n) is 23.5. The van der Waals surface area contributed by atoms with Crippen molar-refractivity contribution in [3.63, 3.8) is 0 Å². The van der Waals surface area contributed by atoms with Crippen LogP contribution in [0.3, 0.4) is 0 Å². The average molecular weight is 542 g/mol. The molecule has 204 valence electrons. The topological polar surface area (TPSA) is 98.3 Å². The molecule has 0 spiro atoms. The molecule has 8 heteroatoms. The summed E-state index contributed by atoms with van der Waals surface area (Å²) in [6, 6.07) is 19.8. The van der Waals surface area contributed by atoms with Crippen LogP contribution in [0.15, 0.2) is 65.2 Å².